The van der Waals surface area contributed by atoms with Gasteiger partial charge >= 0.3 is 0 Å². The number of aromatic nitrogens is 2. The maximum Gasteiger partial charge on any atom is 0.159 e. The summed E-state index contributed by atoms with van der Waals surface area (Å²) in [6.07, 6.45) is 1.85. The van der Waals surface area contributed by atoms with Gasteiger partial charge in [0.05, 0.1) is 19.3 Å². The predicted molar refractivity (Wildman–Crippen MR) is 83.1 cm³/mol. The third-order valence-corrected chi connectivity index (χ3v) is 3.65. The van der Waals surface area contributed by atoms with Gasteiger partial charge < -0.3 is 4.74 Å². The van der Waals surface area contributed by atoms with E-state index in [0.29, 0.717) is 12.1 Å². The monoisotopic (exact) mass is 286 g/mol. The molecule has 1 aromatic heterocycles. The van der Waals surface area contributed by atoms with Crippen LogP contribution in [0.15, 0.2) is 24.3 Å². The molecule has 4 heteroatoms. The molecule has 0 fully saturated rings. The Kier molecular flexibility index (Phi) is 4.78. The molecule has 0 unspecified atom stereocenters. The number of ether oxygens (including phenoxy) is 1. The van der Waals surface area contributed by atoms with Gasteiger partial charge in [0.1, 0.15) is 5.75 Å². The molecule has 0 amide bonds. The number of aryl methyl sites for hydroxylation is 2. The molecule has 0 N–H and O–H groups in total. The number of carbonyl (C=O) groups excluding carboxylic acids is 1. The Hall–Kier alpha value is -2.10. The fourth-order valence-electron chi connectivity index (χ4n) is 2.39. The van der Waals surface area contributed by atoms with Crippen LogP contribution in [0.1, 0.15) is 48.1 Å². The van der Waals surface area contributed by atoms with Gasteiger partial charge in [-0.1, -0.05) is 13.8 Å². The number of hydrogen-bond acceptors (Lipinski definition) is 3. The number of Topliss-reactive ketones (excluding diaryl/α,β-unsaturated/α-hetero) is 1. The highest BCUT2D eigenvalue weighted by Crippen LogP contribution is 2.22. The van der Waals surface area contributed by atoms with Gasteiger partial charge in [0.15, 0.2) is 5.78 Å². The molecule has 0 aliphatic carbocycles. The minimum atomic E-state index is 0.0596. The van der Waals surface area contributed by atoms with E-state index in [1.807, 2.05) is 16.8 Å². The molecule has 2 rings (SSSR count). The third-order valence-electron chi connectivity index (χ3n) is 3.65. The van der Waals surface area contributed by atoms with Crippen molar-refractivity contribution in [2.24, 2.45) is 0 Å². The molecule has 1 aromatic carbocycles. The normalized spacial score (nSPS) is 10.7. The fourth-order valence-corrected chi connectivity index (χ4v) is 2.39. The molecule has 0 saturated carbocycles. The first-order valence-electron chi connectivity index (χ1n) is 7.32. The molecular weight excluding hydrogens is 264 g/mol. The second-order valence-corrected chi connectivity index (χ2v) is 5.07. The zero-order chi connectivity index (χ0) is 15.4. The molecular formula is C17H22N2O2. The Labute approximate surface area is 125 Å². The number of carbonyl (C=O) groups is 1. The van der Waals surface area contributed by atoms with E-state index in [4.69, 9.17) is 4.74 Å². The maximum absolute atomic E-state index is 11.6. The van der Waals surface area contributed by atoms with Crippen molar-refractivity contribution in [3.05, 3.63) is 46.8 Å². The molecule has 0 atom stereocenters. The van der Waals surface area contributed by atoms with Crippen LogP contribution < -0.4 is 4.74 Å². The van der Waals surface area contributed by atoms with Crippen molar-refractivity contribution in [2.75, 3.05) is 7.11 Å². The first kappa shape index (κ1) is 15.3. The van der Waals surface area contributed by atoms with E-state index in [-0.39, 0.29) is 5.78 Å². The lowest BCUT2D eigenvalue weighted by Gasteiger charge is -2.12. The molecule has 21 heavy (non-hydrogen) atoms. The lowest BCUT2D eigenvalue weighted by molar-refractivity contribution is 0.101. The van der Waals surface area contributed by atoms with E-state index in [0.717, 1.165) is 29.8 Å². The zero-order valence-corrected chi connectivity index (χ0v) is 13.1. The van der Waals surface area contributed by atoms with Crippen LogP contribution in [0.2, 0.25) is 0 Å². The Bertz CT molecular complexity index is 644. The lowest BCUT2D eigenvalue weighted by atomic mass is 10.1. The maximum atomic E-state index is 11.6. The summed E-state index contributed by atoms with van der Waals surface area (Å²) in [5.41, 5.74) is 3.97. The Balaban J connectivity index is 2.39. The molecule has 0 radical (unpaired) electrons. The van der Waals surface area contributed by atoms with Gasteiger partial charge in [-0.25, -0.2) is 0 Å². The Morgan fingerprint density at radius 2 is 2.00 bits per heavy atom. The molecule has 0 spiro atoms. The van der Waals surface area contributed by atoms with E-state index in [9.17, 15) is 4.79 Å². The number of hydrogen-bond donors (Lipinski definition) is 0. The van der Waals surface area contributed by atoms with Gasteiger partial charge in [-0.2, -0.15) is 5.10 Å². The molecule has 4 nitrogen and oxygen atoms in total. The average molecular weight is 286 g/mol. The van der Waals surface area contributed by atoms with Crippen molar-refractivity contribution in [1.29, 1.82) is 0 Å². The molecule has 0 saturated heterocycles. The third kappa shape index (κ3) is 3.32. The van der Waals surface area contributed by atoms with Gasteiger partial charge in [-0.05, 0) is 44.0 Å². The summed E-state index contributed by atoms with van der Waals surface area (Å²) >= 11 is 0. The van der Waals surface area contributed by atoms with E-state index in [2.05, 4.69) is 25.0 Å². The summed E-state index contributed by atoms with van der Waals surface area (Å²) in [4.78, 5) is 11.6. The highest BCUT2D eigenvalue weighted by Gasteiger charge is 2.11. The zero-order valence-electron chi connectivity index (χ0n) is 13.1. The van der Waals surface area contributed by atoms with Crippen LogP contribution in [0.4, 0.5) is 0 Å². The summed E-state index contributed by atoms with van der Waals surface area (Å²) in [6, 6.07) is 7.68. The van der Waals surface area contributed by atoms with Crippen LogP contribution in [0.3, 0.4) is 0 Å². The van der Waals surface area contributed by atoms with Crippen molar-refractivity contribution < 1.29 is 9.53 Å². The summed E-state index contributed by atoms with van der Waals surface area (Å²) in [6.45, 7) is 6.42. The molecule has 0 aliphatic rings. The summed E-state index contributed by atoms with van der Waals surface area (Å²) in [5.74, 6) is 0.847. The standard InChI is InChI=1S/C17H22N2O2/c1-5-15-10-16(6-2)19(18-15)11-14-9-13(12(3)20)7-8-17(14)21-4/h7-10H,5-6,11H2,1-4H3. The minimum Gasteiger partial charge on any atom is -0.496 e. The van der Waals surface area contributed by atoms with Crippen molar-refractivity contribution in [3.63, 3.8) is 0 Å². The van der Waals surface area contributed by atoms with Crippen molar-refractivity contribution >= 4 is 5.78 Å². The Morgan fingerprint density at radius 3 is 2.57 bits per heavy atom. The SMILES string of the molecule is CCc1cc(CC)n(Cc2cc(C(C)=O)ccc2OC)n1. The second kappa shape index (κ2) is 6.57. The number of nitrogens with zero attached hydrogens (tertiary/aromatic N) is 2. The van der Waals surface area contributed by atoms with E-state index >= 15 is 0 Å². The summed E-state index contributed by atoms with van der Waals surface area (Å²) < 4.78 is 7.41. The minimum absolute atomic E-state index is 0.0596. The fraction of sp³-hybridized carbons (Fsp3) is 0.412. The summed E-state index contributed by atoms with van der Waals surface area (Å²) in [5, 5.41) is 4.62. The van der Waals surface area contributed by atoms with Crippen LogP contribution in [0.5, 0.6) is 5.75 Å². The molecule has 1 heterocycles. The first-order chi connectivity index (χ1) is 10.1. The topological polar surface area (TPSA) is 44.1 Å². The molecule has 2 aromatic rings. The second-order valence-electron chi connectivity index (χ2n) is 5.07. The van der Waals surface area contributed by atoms with Gasteiger partial charge in [0, 0.05) is 16.8 Å². The van der Waals surface area contributed by atoms with E-state index < -0.39 is 0 Å². The summed E-state index contributed by atoms with van der Waals surface area (Å²) in [7, 11) is 1.65. The van der Waals surface area contributed by atoms with E-state index in [1.165, 1.54) is 5.69 Å². The van der Waals surface area contributed by atoms with Crippen molar-refractivity contribution in [3.8, 4) is 5.75 Å². The van der Waals surface area contributed by atoms with Crippen molar-refractivity contribution in [1.82, 2.24) is 9.78 Å². The van der Waals surface area contributed by atoms with Crippen LogP contribution in [0, 0.1) is 0 Å². The van der Waals surface area contributed by atoms with Crippen LogP contribution in [-0.2, 0) is 19.4 Å². The van der Waals surface area contributed by atoms with Crippen LogP contribution in [0.25, 0.3) is 0 Å². The number of ketones is 1. The van der Waals surface area contributed by atoms with Gasteiger partial charge in [-0.15, -0.1) is 0 Å². The predicted octanol–water partition coefficient (Wildman–Crippen LogP) is 3.27. The van der Waals surface area contributed by atoms with Gasteiger partial charge in [0.2, 0.25) is 0 Å². The first-order valence-corrected chi connectivity index (χ1v) is 7.32. The van der Waals surface area contributed by atoms with Crippen LogP contribution >= 0.6 is 0 Å². The van der Waals surface area contributed by atoms with Crippen molar-refractivity contribution in [2.45, 2.75) is 40.2 Å². The lowest BCUT2D eigenvalue weighted by Crippen LogP contribution is -2.08. The van der Waals surface area contributed by atoms with Gasteiger partial charge in [0.25, 0.3) is 0 Å². The van der Waals surface area contributed by atoms with Gasteiger partial charge in [-0.3, -0.25) is 9.48 Å². The molecule has 0 bridgehead atoms. The average Bonchev–Trinajstić information content (AvgIpc) is 2.89. The number of rotatable bonds is 6. The molecule has 0 aliphatic heterocycles. The van der Waals surface area contributed by atoms with E-state index in [1.54, 1.807) is 20.1 Å². The smallest absolute Gasteiger partial charge is 0.159 e. The highest BCUT2D eigenvalue weighted by molar-refractivity contribution is 5.94. The van der Waals surface area contributed by atoms with Crippen LogP contribution in [-0.4, -0.2) is 22.7 Å². The number of benzene rings is 1. The molecule has 112 valence electrons. The highest BCUT2D eigenvalue weighted by atomic mass is 16.5. The Morgan fingerprint density at radius 1 is 1.24 bits per heavy atom. The largest absolute Gasteiger partial charge is 0.496 e. The quantitative estimate of drug-likeness (QED) is 0.766. The number of methoxy groups -OCH3 is 1.